The van der Waals surface area contributed by atoms with Gasteiger partial charge in [-0.05, 0) is 31.2 Å². The highest BCUT2D eigenvalue weighted by Crippen LogP contribution is 2.14. The maximum absolute atomic E-state index is 11.5. The van der Waals surface area contributed by atoms with Crippen molar-refractivity contribution < 1.29 is 24.6 Å². The number of rotatable bonds is 10. The van der Waals surface area contributed by atoms with E-state index in [4.69, 9.17) is 10.2 Å². The van der Waals surface area contributed by atoms with E-state index in [0.717, 1.165) is 5.69 Å². The van der Waals surface area contributed by atoms with Gasteiger partial charge in [0.05, 0.1) is 13.1 Å². The number of nitrogens with zero attached hydrogens (tertiary/aromatic N) is 1. The highest BCUT2D eigenvalue weighted by atomic mass is 16.4. The van der Waals surface area contributed by atoms with E-state index in [-0.39, 0.29) is 25.5 Å². The monoisotopic (exact) mass is 335 g/mol. The van der Waals surface area contributed by atoms with Gasteiger partial charge in [-0.3, -0.25) is 19.3 Å². The Kier molecular flexibility index (Phi) is 7.44. The highest BCUT2D eigenvalue weighted by Gasteiger charge is 2.12. The first-order chi connectivity index (χ1) is 11.3. The van der Waals surface area contributed by atoms with Gasteiger partial charge >= 0.3 is 11.9 Å². The van der Waals surface area contributed by atoms with Crippen molar-refractivity contribution >= 4 is 29.2 Å². The van der Waals surface area contributed by atoms with E-state index < -0.39 is 11.9 Å². The molecule has 1 aromatic rings. The normalized spacial score (nSPS) is 10.2. The van der Waals surface area contributed by atoms with Gasteiger partial charge in [0.1, 0.15) is 0 Å². The quantitative estimate of drug-likeness (QED) is 0.472. The third kappa shape index (κ3) is 7.41. The second-order valence-corrected chi connectivity index (χ2v) is 5.24. The molecule has 0 aliphatic carbocycles. The Morgan fingerprint density at radius 2 is 1.54 bits per heavy atom. The number of nitrogens with one attached hydrogen (secondary N) is 2. The second-order valence-electron chi connectivity index (χ2n) is 5.24. The summed E-state index contributed by atoms with van der Waals surface area (Å²) in [7, 11) is 0. The van der Waals surface area contributed by atoms with Gasteiger partial charge < -0.3 is 20.8 Å². The van der Waals surface area contributed by atoms with Crippen LogP contribution in [0.1, 0.15) is 6.92 Å². The number of hydrogen-bond acceptors (Lipinski definition) is 5. The molecule has 1 rings (SSSR count). The molecule has 0 aromatic heterocycles. The molecular weight excluding hydrogens is 314 g/mol. The zero-order valence-corrected chi connectivity index (χ0v) is 13.4. The van der Waals surface area contributed by atoms with Crippen LogP contribution in [0.3, 0.4) is 0 Å². The van der Waals surface area contributed by atoms with E-state index in [0.29, 0.717) is 17.8 Å². The summed E-state index contributed by atoms with van der Waals surface area (Å²) in [4.78, 5) is 34.2. The van der Waals surface area contributed by atoms with E-state index in [1.165, 1.54) is 4.90 Å². The van der Waals surface area contributed by atoms with Crippen LogP contribution in [0, 0.1) is 0 Å². The predicted octanol–water partition coefficient (Wildman–Crippen LogP) is 1.08. The van der Waals surface area contributed by atoms with Crippen LogP contribution in [0.5, 0.6) is 0 Å². The van der Waals surface area contributed by atoms with Crippen molar-refractivity contribution in [3.05, 3.63) is 36.4 Å². The molecule has 8 nitrogen and oxygen atoms in total. The number of benzene rings is 1. The summed E-state index contributed by atoms with van der Waals surface area (Å²) < 4.78 is 0. The van der Waals surface area contributed by atoms with E-state index >= 15 is 0 Å². The lowest BCUT2D eigenvalue weighted by molar-refractivity contribution is -0.141. The van der Waals surface area contributed by atoms with Gasteiger partial charge in [-0.15, -0.1) is 0 Å². The number of aliphatic carboxylic acids is 2. The molecule has 1 amide bonds. The van der Waals surface area contributed by atoms with Crippen molar-refractivity contribution in [3.8, 4) is 0 Å². The summed E-state index contributed by atoms with van der Waals surface area (Å²) in [5, 5.41) is 23.3. The van der Waals surface area contributed by atoms with Crippen LogP contribution in [0.2, 0.25) is 0 Å². The molecular formula is C16H21N3O5. The van der Waals surface area contributed by atoms with Gasteiger partial charge in [0.15, 0.2) is 0 Å². The van der Waals surface area contributed by atoms with Gasteiger partial charge in [-0.1, -0.05) is 6.58 Å². The number of carbonyl (C=O) groups excluding carboxylic acids is 1. The van der Waals surface area contributed by atoms with Crippen LogP contribution in [-0.2, 0) is 14.4 Å². The molecule has 8 heteroatoms. The first-order valence-electron chi connectivity index (χ1n) is 7.24. The Morgan fingerprint density at radius 3 is 2.00 bits per heavy atom. The minimum absolute atomic E-state index is 0.256. The van der Waals surface area contributed by atoms with E-state index in [1.807, 2.05) is 0 Å². The van der Waals surface area contributed by atoms with Crippen LogP contribution in [0.4, 0.5) is 11.4 Å². The third-order valence-electron chi connectivity index (χ3n) is 3.01. The van der Waals surface area contributed by atoms with Gasteiger partial charge in [0.2, 0.25) is 0 Å². The molecule has 4 N–H and O–H groups in total. The van der Waals surface area contributed by atoms with Crippen LogP contribution in [0.25, 0.3) is 0 Å². The topological polar surface area (TPSA) is 119 Å². The van der Waals surface area contributed by atoms with Gasteiger partial charge in [-0.2, -0.15) is 0 Å². The number of hydrogen-bond donors (Lipinski definition) is 4. The molecule has 130 valence electrons. The van der Waals surface area contributed by atoms with Crippen LogP contribution < -0.4 is 10.6 Å². The molecule has 0 heterocycles. The molecule has 0 aliphatic heterocycles. The average Bonchev–Trinajstić information content (AvgIpc) is 2.47. The van der Waals surface area contributed by atoms with Gasteiger partial charge in [0.25, 0.3) is 5.91 Å². The number of carboxylic acids is 2. The van der Waals surface area contributed by atoms with Crippen LogP contribution >= 0.6 is 0 Å². The lowest BCUT2D eigenvalue weighted by Gasteiger charge is -2.18. The number of amides is 1. The fourth-order valence-electron chi connectivity index (χ4n) is 1.86. The lowest BCUT2D eigenvalue weighted by atomic mass is 10.2. The Labute approximate surface area is 139 Å². The zero-order valence-electron chi connectivity index (χ0n) is 13.4. The fraction of sp³-hybridized carbons (Fsp3) is 0.312. The van der Waals surface area contributed by atoms with Crippen molar-refractivity contribution in [2.75, 3.05) is 36.8 Å². The first-order valence-corrected chi connectivity index (χ1v) is 7.24. The largest absolute Gasteiger partial charge is 0.480 e. The maximum Gasteiger partial charge on any atom is 0.317 e. The lowest BCUT2D eigenvalue weighted by Crippen LogP contribution is -2.37. The van der Waals surface area contributed by atoms with E-state index in [1.54, 1.807) is 31.2 Å². The zero-order chi connectivity index (χ0) is 18.1. The molecule has 0 bridgehead atoms. The van der Waals surface area contributed by atoms with E-state index in [2.05, 4.69) is 17.2 Å². The Bertz CT molecular complexity index is 597. The fourth-order valence-corrected chi connectivity index (χ4v) is 1.86. The molecule has 0 atom stereocenters. The van der Waals surface area contributed by atoms with Gasteiger partial charge in [0, 0.05) is 30.0 Å². The minimum atomic E-state index is -1.08. The number of anilines is 2. The molecule has 0 unspecified atom stereocenters. The smallest absolute Gasteiger partial charge is 0.317 e. The summed E-state index contributed by atoms with van der Waals surface area (Å²) in [5.41, 5.74) is 1.81. The minimum Gasteiger partial charge on any atom is -0.480 e. The van der Waals surface area contributed by atoms with Crippen molar-refractivity contribution in [2.45, 2.75) is 6.92 Å². The Hall–Kier alpha value is -2.87. The first kappa shape index (κ1) is 19.2. The van der Waals surface area contributed by atoms with Crippen LogP contribution in [-0.4, -0.2) is 59.1 Å². The van der Waals surface area contributed by atoms with Crippen molar-refractivity contribution in [1.82, 2.24) is 4.90 Å². The average molecular weight is 335 g/mol. The molecule has 24 heavy (non-hydrogen) atoms. The van der Waals surface area contributed by atoms with Crippen molar-refractivity contribution in [1.29, 1.82) is 0 Å². The predicted molar refractivity (Wildman–Crippen MR) is 90.1 cm³/mol. The SMILES string of the molecule is C=C(C)C(=O)Nc1ccc(NCCN(CC(=O)O)CC(=O)O)cc1. The molecule has 1 aromatic carbocycles. The van der Waals surface area contributed by atoms with Crippen LogP contribution in [0.15, 0.2) is 36.4 Å². The summed E-state index contributed by atoms with van der Waals surface area (Å²) in [5.74, 6) is -2.41. The molecule has 0 fully saturated rings. The van der Waals surface area contributed by atoms with Crippen molar-refractivity contribution in [3.63, 3.8) is 0 Å². The second kappa shape index (κ2) is 9.31. The third-order valence-corrected chi connectivity index (χ3v) is 3.01. The summed E-state index contributed by atoms with van der Waals surface area (Å²) in [6.45, 7) is 5.16. The summed E-state index contributed by atoms with van der Waals surface area (Å²) >= 11 is 0. The molecule has 0 radical (unpaired) electrons. The molecule has 0 saturated carbocycles. The number of carboxylic acid groups (broad SMARTS) is 2. The highest BCUT2D eigenvalue weighted by molar-refractivity contribution is 6.02. The standard InChI is InChI=1S/C16H21N3O5/c1-11(2)16(24)18-13-5-3-12(4-6-13)17-7-8-19(9-14(20)21)10-15(22)23/h3-6,17H,1,7-10H2,2H3,(H,18,24)(H,20,21)(H,22,23). The maximum atomic E-state index is 11.5. The van der Waals surface area contributed by atoms with Gasteiger partial charge in [-0.25, -0.2) is 0 Å². The molecule has 0 spiro atoms. The molecule has 0 saturated heterocycles. The number of carbonyl (C=O) groups is 3. The van der Waals surface area contributed by atoms with Crippen molar-refractivity contribution in [2.24, 2.45) is 0 Å². The Morgan fingerprint density at radius 1 is 1.04 bits per heavy atom. The Balaban J connectivity index is 2.48. The molecule has 0 aliphatic rings. The van der Waals surface area contributed by atoms with E-state index in [9.17, 15) is 14.4 Å². The summed E-state index contributed by atoms with van der Waals surface area (Å²) in [6.07, 6.45) is 0. The summed E-state index contributed by atoms with van der Waals surface area (Å²) in [6, 6.07) is 6.95.